The molecule has 17 heteroatoms. The van der Waals surface area contributed by atoms with Crippen molar-refractivity contribution >= 4 is 44.0 Å². The van der Waals surface area contributed by atoms with Crippen LogP contribution in [-0.2, 0) is 14.8 Å². The molecule has 3 saturated heterocycles. The van der Waals surface area contributed by atoms with Gasteiger partial charge in [-0.25, -0.2) is 18.1 Å². The van der Waals surface area contributed by atoms with Crippen molar-refractivity contribution in [3.8, 4) is 11.5 Å². The molecule has 1 amide bonds. The Morgan fingerprint density at radius 2 is 1.77 bits per heavy atom. The smallest absolute Gasteiger partial charge is 0.293 e. The van der Waals surface area contributed by atoms with Gasteiger partial charge < -0.3 is 29.8 Å². The molecule has 16 nitrogen and oxygen atoms in total. The number of nitrogens with zero attached hydrogens (tertiary/aromatic N) is 5. The van der Waals surface area contributed by atoms with Gasteiger partial charge in [-0.3, -0.25) is 24.7 Å². The Labute approximate surface area is 410 Å². The number of carbonyl (C=O) groups excluding carboxylic acids is 1. The van der Waals surface area contributed by atoms with Crippen molar-refractivity contribution in [2.24, 2.45) is 11.3 Å². The number of nitro benzene ring substituents is 1. The predicted octanol–water partition coefficient (Wildman–Crippen LogP) is 8.76. The van der Waals surface area contributed by atoms with Crippen molar-refractivity contribution in [1.82, 2.24) is 24.5 Å². The van der Waals surface area contributed by atoms with Gasteiger partial charge in [0, 0.05) is 93.4 Å². The molecule has 2 aliphatic carbocycles. The van der Waals surface area contributed by atoms with E-state index in [-0.39, 0.29) is 28.3 Å². The van der Waals surface area contributed by atoms with Crippen LogP contribution in [0.25, 0.3) is 11.0 Å². The minimum Gasteiger partial charge on any atom is -0.455 e. The van der Waals surface area contributed by atoms with E-state index >= 15 is 0 Å². The average Bonchev–Trinajstić information content (AvgIpc) is 4.06. The number of ether oxygens (including phenoxy) is 2. The molecule has 3 aromatic carbocycles. The Morgan fingerprint density at radius 1 is 0.986 bits per heavy atom. The van der Waals surface area contributed by atoms with E-state index in [1.165, 1.54) is 23.3 Å². The fraction of sp³-hybridized carbons (Fsp3) is 0.509. The van der Waals surface area contributed by atoms with E-state index in [0.717, 1.165) is 108 Å². The highest BCUT2D eigenvalue weighted by Crippen LogP contribution is 2.53. The number of sulfonamides is 1. The molecule has 5 heterocycles. The predicted molar refractivity (Wildman–Crippen MR) is 269 cm³/mol. The number of fused-ring (bicyclic) bond motifs is 1. The summed E-state index contributed by atoms with van der Waals surface area (Å²) in [5, 5.41) is 26.5. The molecule has 2 atom stereocenters. The van der Waals surface area contributed by atoms with Crippen molar-refractivity contribution in [2.75, 3.05) is 62.7 Å². The van der Waals surface area contributed by atoms with Crippen LogP contribution in [-0.4, -0.2) is 114 Å². The number of piperidine rings is 1. The van der Waals surface area contributed by atoms with Gasteiger partial charge in [0.1, 0.15) is 22.8 Å². The summed E-state index contributed by atoms with van der Waals surface area (Å²) >= 11 is 0. The zero-order chi connectivity index (χ0) is 48.8. The molecule has 10 rings (SSSR count). The number of aliphatic hydroxyl groups is 1. The van der Waals surface area contributed by atoms with E-state index in [2.05, 4.69) is 72.8 Å². The monoisotopic (exact) mass is 974 g/mol. The lowest BCUT2D eigenvalue weighted by atomic mass is 9.59. The molecule has 2 aromatic heterocycles. The van der Waals surface area contributed by atoms with Crippen LogP contribution in [0.5, 0.6) is 11.5 Å². The highest BCUT2D eigenvalue weighted by molar-refractivity contribution is 7.90. The van der Waals surface area contributed by atoms with Crippen molar-refractivity contribution < 1.29 is 32.7 Å². The molecule has 3 aliphatic heterocycles. The second kappa shape index (κ2) is 19.5. The Balaban J connectivity index is 0.835. The largest absolute Gasteiger partial charge is 0.455 e. The van der Waals surface area contributed by atoms with Crippen LogP contribution < -0.4 is 19.7 Å². The van der Waals surface area contributed by atoms with Crippen LogP contribution in [0.3, 0.4) is 0 Å². The van der Waals surface area contributed by atoms with E-state index in [4.69, 9.17) is 9.47 Å². The standard InChI is InChI=1S/C53H66N8O8S/c1-35(2)43-6-4-5-7-44(43)48-33-59(39-15-25-68-34-39)23-24-60(48)40-29-53(30-40)18-21-58(22-19-53)38-8-10-45(49(27-38)69-41-26-37-14-20-54-50(37)56-32-41)51(62)57-70(66,67)42-9-11-46(47(28-42)61(64)65)55-31-36-12-16-52(3,63)17-13-36/h4-11,14,20,26-28,32,35-36,39-40,48,55,63H,12-13,15-19,21-25,29-31,33-34H2,1-3H3,(H,54,56)(H,57,62). The first-order valence-electron chi connectivity index (χ1n) is 25.1. The lowest BCUT2D eigenvalue weighted by Gasteiger charge is -2.58. The van der Waals surface area contributed by atoms with Crippen LogP contribution in [0, 0.1) is 21.4 Å². The first kappa shape index (κ1) is 48.1. The van der Waals surface area contributed by atoms with E-state index < -0.39 is 37.0 Å². The van der Waals surface area contributed by atoms with Gasteiger partial charge in [0.2, 0.25) is 0 Å². The molecule has 0 radical (unpaired) electrons. The minimum absolute atomic E-state index is 0.0230. The molecular formula is C53H66N8O8S. The zero-order valence-electron chi connectivity index (χ0n) is 40.4. The number of aromatic nitrogens is 2. The third-order valence-electron chi connectivity index (χ3n) is 16.1. The lowest BCUT2D eigenvalue weighted by Crippen LogP contribution is -2.61. The van der Waals surface area contributed by atoms with Crippen molar-refractivity contribution in [3.63, 3.8) is 0 Å². The Bertz CT molecular complexity index is 2820. The SMILES string of the molecule is CC(C)c1ccccc1C1CN(C2CCOC2)CCN1C1CC2(CCN(c3ccc(C(=O)NS(=O)(=O)c4ccc(NCC5CCC(C)(O)CC5)c([N+](=O)[O-])c4)c(Oc4cnc5[nH]ccc5c4)c3)CC2)C1. The number of H-pyrrole nitrogens is 1. The number of amides is 1. The lowest BCUT2D eigenvalue weighted by molar-refractivity contribution is -0.384. The summed E-state index contributed by atoms with van der Waals surface area (Å²) in [6.07, 6.45) is 11.6. The van der Waals surface area contributed by atoms with Gasteiger partial charge in [0.15, 0.2) is 0 Å². The minimum atomic E-state index is -4.58. The van der Waals surface area contributed by atoms with Crippen LogP contribution in [0.1, 0.15) is 112 Å². The van der Waals surface area contributed by atoms with Gasteiger partial charge in [-0.2, -0.15) is 0 Å². The third-order valence-corrected chi connectivity index (χ3v) is 17.5. The molecule has 5 aromatic rings. The molecule has 2 saturated carbocycles. The molecule has 5 aliphatic rings. The number of pyridine rings is 1. The molecular weight excluding hydrogens is 909 g/mol. The molecule has 372 valence electrons. The normalized spacial score (nSPS) is 24.5. The highest BCUT2D eigenvalue weighted by atomic mass is 32.2. The number of carbonyl (C=O) groups is 1. The molecule has 1 spiro atoms. The van der Waals surface area contributed by atoms with Gasteiger partial charge in [0.05, 0.1) is 33.8 Å². The van der Waals surface area contributed by atoms with Crippen LogP contribution in [0.4, 0.5) is 17.1 Å². The molecule has 4 N–H and O–H groups in total. The van der Waals surface area contributed by atoms with Crippen LogP contribution >= 0.6 is 0 Å². The number of nitrogens with one attached hydrogen (secondary N) is 3. The summed E-state index contributed by atoms with van der Waals surface area (Å²) in [4.78, 5) is 40.6. The maximum Gasteiger partial charge on any atom is 0.293 e. The summed E-state index contributed by atoms with van der Waals surface area (Å²) in [5.41, 5.74) is 3.69. The number of hydrogen-bond donors (Lipinski definition) is 4. The van der Waals surface area contributed by atoms with Gasteiger partial charge in [-0.1, -0.05) is 38.1 Å². The van der Waals surface area contributed by atoms with E-state index in [1.54, 1.807) is 30.6 Å². The number of aromatic amines is 1. The van der Waals surface area contributed by atoms with E-state index in [0.29, 0.717) is 54.8 Å². The third kappa shape index (κ3) is 10.1. The Kier molecular flexibility index (Phi) is 13.4. The van der Waals surface area contributed by atoms with Crippen molar-refractivity contribution in [1.29, 1.82) is 0 Å². The van der Waals surface area contributed by atoms with Gasteiger partial charge in [0.25, 0.3) is 21.6 Å². The zero-order valence-corrected chi connectivity index (χ0v) is 41.3. The summed E-state index contributed by atoms with van der Waals surface area (Å²) in [6.45, 7) is 13.3. The number of nitro groups is 1. The van der Waals surface area contributed by atoms with Gasteiger partial charge in [-0.05, 0) is 129 Å². The summed E-state index contributed by atoms with van der Waals surface area (Å²) in [7, 11) is -4.58. The van der Waals surface area contributed by atoms with Crippen molar-refractivity contribution in [3.05, 3.63) is 112 Å². The second-order valence-corrected chi connectivity index (χ2v) is 22.8. The second-order valence-electron chi connectivity index (χ2n) is 21.2. The molecule has 0 bridgehead atoms. The summed E-state index contributed by atoms with van der Waals surface area (Å²) < 4.78 is 42.0. The van der Waals surface area contributed by atoms with Crippen LogP contribution in [0.2, 0.25) is 0 Å². The number of piperazine rings is 1. The van der Waals surface area contributed by atoms with Crippen molar-refractivity contribution in [2.45, 2.75) is 113 Å². The summed E-state index contributed by atoms with van der Waals surface area (Å²) in [6, 6.07) is 22.8. The number of rotatable bonds is 14. The number of anilines is 2. The van der Waals surface area contributed by atoms with E-state index in [9.17, 15) is 28.4 Å². The highest BCUT2D eigenvalue weighted by Gasteiger charge is 2.50. The van der Waals surface area contributed by atoms with Gasteiger partial charge in [-0.15, -0.1) is 0 Å². The maximum atomic E-state index is 14.1. The number of benzene rings is 3. The Morgan fingerprint density at radius 3 is 2.51 bits per heavy atom. The quantitative estimate of drug-likeness (QED) is 0.0610. The average molecular weight is 975 g/mol. The fourth-order valence-corrected chi connectivity index (χ4v) is 12.9. The fourth-order valence-electron chi connectivity index (χ4n) is 11.9. The van der Waals surface area contributed by atoms with Gasteiger partial charge >= 0.3 is 0 Å². The number of hydrogen-bond acceptors (Lipinski definition) is 13. The maximum absolute atomic E-state index is 14.1. The van der Waals surface area contributed by atoms with Crippen LogP contribution in [0.15, 0.2) is 90.1 Å². The first-order valence-corrected chi connectivity index (χ1v) is 26.6. The Hall–Kier alpha value is -5.59. The topological polar surface area (TPSA) is 195 Å². The first-order chi connectivity index (χ1) is 33.6. The molecule has 70 heavy (non-hydrogen) atoms. The molecule has 2 unspecified atom stereocenters. The van der Waals surface area contributed by atoms with E-state index in [1.807, 2.05) is 19.1 Å². The molecule has 5 fully saturated rings. The summed E-state index contributed by atoms with van der Waals surface area (Å²) in [5.74, 6) is 0.216.